The van der Waals surface area contributed by atoms with Crippen LogP contribution in [0.4, 0.5) is 0 Å². The summed E-state index contributed by atoms with van der Waals surface area (Å²) in [5, 5.41) is 0. The summed E-state index contributed by atoms with van der Waals surface area (Å²) in [5.74, 6) is 0.120. The Morgan fingerprint density at radius 2 is 1.63 bits per heavy atom. The highest BCUT2D eigenvalue weighted by Crippen LogP contribution is 2.26. The lowest BCUT2D eigenvalue weighted by Crippen LogP contribution is -2.41. The molecule has 1 N–H and O–H groups in total. The molecule has 1 aromatic heterocycles. The van der Waals surface area contributed by atoms with E-state index in [-0.39, 0.29) is 17.5 Å². The first-order valence-corrected chi connectivity index (χ1v) is 10.9. The molecule has 2 aromatic carbocycles. The van der Waals surface area contributed by atoms with Crippen LogP contribution in [0.2, 0.25) is 0 Å². The van der Waals surface area contributed by atoms with E-state index < -0.39 is 10.0 Å². The minimum atomic E-state index is -3.29. The lowest BCUT2D eigenvalue weighted by molar-refractivity contribution is 0.274. The molecule has 3 aromatic rings. The molecule has 27 heavy (non-hydrogen) atoms. The summed E-state index contributed by atoms with van der Waals surface area (Å²) in [6, 6.07) is 17.3. The van der Waals surface area contributed by atoms with Crippen LogP contribution in [0.15, 0.2) is 59.4 Å². The van der Waals surface area contributed by atoms with Gasteiger partial charge < -0.3 is 4.98 Å². The van der Waals surface area contributed by atoms with Crippen molar-refractivity contribution in [2.24, 2.45) is 0 Å². The largest absolute Gasteiger partial charge is 0.326 e. The van der Waals surface area contributed by atoms with Crippen LogP contribution in [0.3, 0.4) is 0 Å². The Morgan fingerprint density at radius 1 is 0.963 bits per heavy atom. The first-order chi connectivity index (χ1) is 13.0. The van der Waals surface area contributed by atoms with Gasteiger partial charge in [-0.25, -0.2) is 17.5 Å². The highest BCUT2D eigenvalue weighted by molar-refractivity contribution is 7.89. The Bertz CT molecular complexity index is 1080. The molecule has 1 aliphatic rings. The van der Waals surface area contributed by atoms with Crippen LogP contribution in [0, 0.1) is 0 Å². The van der Waals surface area contributed by atoms with Crippen LogP contribution in [0.25, 0.3) is 11.0 Å². The van der Waals surface area contributed by atoms with E-state index in [0.29, 0.717) is 32.4 Å². The number of imidazole rings is 1. The molecule has 6 nitrogen and oxygen atoms in total. The number of aryl methyl sites for hydroxylation is 1. The number of nitrogens with zero attached hydrogens (tertiary/aromatic N) is 2. The summed E-state index contributed by atoms with van der Waals surface area (Å²) in [5.41, 5.74) is 2.61. The van der Waals surface area contributed by atoms with E-state index in [1.807, 2.05) is 54.6 Å². The van der Waals surface area contributed by atoms with E-state index in [1.54, 1.807) is 8.87 Å². The minimum Gasteiger partial charge on any atom is -0.306 e. The molecule has 0 amide bonds. The van der Waals surface area contributed by atoms with Gasteiger partial charge in [0.05, 0.1) is 16.8 Å². The van der Waals surface area contributed by atoms with Crippen molar-refractivity contribution in [1.29, 1.82) is 0 Å². The van der Waals surface area contributed by atoms with E-state index in [1.165, 1.54) is 0 Å². The molecule has 0 aliphatic carbocycles. The first kappa shape index (κ1) is 18.0. The molecule has 1 aliphatic heterocycles. The number of H-pyrrole nitrogens is 1. The van der Waals surface area contributed by atoms with Gasteiger partial charge in [-0.2, -0.15) is 0 Å². The Kier molecular flexibility index (Phi) is 4.88. The zero-order chi connectivity index (χ0) is 18.9. The third-order valence-electron chi connectivity index (χ3n) is 5.30. The maximum Gasteiger partial charge on any atom is 0.326 e. The van der Waals surface area contributed by atoms with E-state index in [0.717, 1.165) is 16.6 Å². The smallest absolute Gasteiger partial charge is 0.306 e. The number of piperidine rings is 1. The van der Waals surface area contributed by atoms with E-state index in [2.05, 4.69) is 4.98 Å². The summed E-state index contributed by atoms with van der Waals surface area (Å²) in [6.07, 6.45) is 1.81. The molecule has 2 heterocycles. The van der Waals surface area contributed by atoms with Gasteiger partial charge >= 0.3 is 5.69 Å². The fourth-order valence-electron chi connectivity index (χ4n) is 3.84. The Morgan fingerprint density at radius 3 is 2.37 bits per heavy atom. The van der Waals surface area contributed by atoms with Crippen LogP contribution in [0.5, 0.6) is 0 Å². The average molecular weight is 385 g/mol. The summed E-state index contributed by atoms with van der Waals surface area (Å²) in [6.45, 7) is 0.904. The number of para-hydroxylation sites is 2. The number of benzene rings is 2. The number of nitrogens with one attached hydrogen (secondary N) is 1. The molecule has 1 fully saturated rings. The number of rotatable bonds is 5. The summed E-state index contributed by atoms with van der Waals surface area (Å²) in [4.78, 5) is 15.2. The SMILES string of the molecule is O=c1[nH]c2ccccc2n1C1CCN(S(=O)(=O)CCc2ccccc2)CC1. The van der Waals surface area contributed by atoms with E-state index in [4.69, 9.17) is 0 Å². The van der Waals surface area contributed by atoms with Crippen molar-refractivity contribution in [2.45, 2.75) is 25.3 Å². The summed E-state index contributed by atoms with van der Waals surface area (Å²) in [7, 11) is -3.29. The zero-order valence-electron chi connectivity index (χ0n) is 15.0. The van der Waals surface area contributed by atoms with Crippen molar-refractivity contribution in [2.75, 3.05) is 18.8 Å². The van der Waals surface area contributed by atoms with Crippen molar-refractivity contribution in [3.63, 3.8) is 0 Å². The van der Waals surface area contributed by atoms with Crippen molar-refractivity contribution < 1.29 is 8.42 Å². The normalized spacial score (nSPS) is 16.7. The van der Waals surface area contributed by atoms with Crippen molar-refractivity contribution in [1.82, 2.24) is 13.9 Å². The van der Waals surface area contributed by atoms with Gasteiger partial charge in [0.25, 0.3) is 0 Å². The number of fused-ring (bicyclic) bond motifs is 1. The van der Waals surface area contributed by atoms with Gasteiger partial charge in [0.2, 0.25) is 10.0 Å². The van der Waals surface area contributed by atoms with Crippen LogP contribution in [0.1, 0.15) is 24.4 Å². The van der Waals surface area contributed by atoms with Crippen LogP contribution < -0.4 is 5.69 Å². The van der Waals surface area contributed by atoms with Gasteiger partial charge in [0.15, 0.2) is 0 Å². The number of aromatic nitrogens is 2. The molecule has 0 atom stereocenters. The molecule has 0 bridgehead atoms. The molecule has 0 spiro atoms. The standard InChI is InChI=1S/C20H23N3O3S/c24-20-21-18-8-4-5-9-19(18)23(20)17-10-13-22(14-11-17)27(25,26)15-12-16-6-2-1-3-7-16/h1-9,17H,10-15H2,(H,21,24). The highest BCUT2D eigenvalue weighted by Gasteiger charge is 2.29. The fourth-order valence-corrected chi connectivity index (χ4v) is 5.35. The lowest BCUT2D eigenvalue weighted by atomic mass is 10.1. The quantitative estimate of drug-likeness (QED) is 0.733. The summed E-state index contributed by atoms with van der Waals surface area (Å²) < 4.78 is 28.7. The number of aromatic amines is 1. The molecule has 142 valence electrons. The van der Waals surface area contributed by atoms with Gasteiger partial charge in [-0.1, -0.05) is 42.5 Å². The maximum absolute atomic E-state index is 12.7. The molecule has 0 unspecified atom stereocenters. The predicted molar refractivity (Wildman–Crippen MR) is 106 cm³/mol. The fraction of sp³-hybridized carbons (Fsp3) is 0.350. The van der Waals surface area contributed by atoms with Gasteiger partial charge in [-0.3, -0.25) is 4.57 Å². The number of hydrogen-bond donors (Lipinski definition) is 1. The topological polar surface area (TPSA) is 75.2 Å². The zero-order valence-corrected chi connectivity index (χ0v) is 15.9. The second kappa shape index (κ2) is 7.32. The second-order valence-corrected chi connectivity index (χ2v) is 9.09. The Labute approximate surface area is 158 Å². The first-order valence-electron chi connectivity index (χ1n) is 9.25. The molecular formula is C20H23N3O3S. The number of hydrogen-bond acceptors (Lipinski definition) is 3. The van der Waals surface area contributed by atoms with Crippen LogP contribution in [-0.2, 0) is 16.4 Å². The lowest BCUT2D eigenvalue weighted by Gasteiger charge is -2.31. The third-order valence-corrected chi connectivity index (χ3v) is 7.17. The van der Waals surface area contributed by atoms with Crippen LogP contribution >= 0.6 is 0 Å². The monoisotopic (exact) mass is 385 g/mol. The van der Waals surface area contributed by atoms with Gasteiger partial charge in [0, 0.05) is 19.1 Å². The maximum atomic E-state index is 12.7. The third kappa shape index (κ3) is 3.70. The average Bonchev–Trinajstić information content (AvgIpc) is 3.03. The molecule has 1 saturated heterocycles. The predicted octanol–water partition coefficient (Wildman–Crippen LogP) is 2.54. The van der Waals surface area contributed by atoms with Crippen molar-refractivity contribution in [3.8, 4) is 0 Å². The minimum absolute atomic E-state index is 0.0224. The van der Waals surface area contributed by atoms with Crippen molar-refractivity contribution >= 4 is 21.1 Å². The Hall–Kier alpha value is -2.38. The van der Waals surface area contributed by atoms with Gasteiger partial charge in [0.1, 0.15) is 0 Å². The van der Waals surface area contributed by atoms with Crippen LogP contribution in [-0.4, -0.2) is 41.1 Å². The molecular weight excluding hydrogens is 362 g/mol. The Balaban J connectivity index is 1.44. The molecule has 0 radical (unpaired) electrons. The van der Waals surface area contributed by atoms with E-state index >= 15 is 0 Å². The van der Waals surface area contributed by atoms with Gasteiger partial charge in [-0.05, 0) is 37.0 Å². The molecule has 4 rings (SSSR count). The summed E-state index contributed by atoms with van der Waals surface area (Å²) >= 11 is 0. The second-order valence-electron chi connectivity index (χ2n) is 7.00. The van der Waals surface area contributed by atoms with Gasteiger partial charge in [-0.15, -0.1) is 0 Å². The van der Waals surface area contributed by atoms with Crippen molar-refractivity contribution in [3.05, 3.63) is 70.6 Å². The molecule has 7 heteroatoms. The van der Waals surface area contributed by atoms with E-state index in [9.17, 15) is 13.2 Å². The highest BCUT2D eigenvalue weighted by atomic mass is 32.2. The number of sulfonamides is 1. The molecule has 0 saturated carbocycles.